The van der Waals surface area contributed by atoms with Crippen molar-refractivity contribution >= 4 is 28.6 Å². The fourth-order valence-corrected chi connectivity index (χ4v) is 2.08. The van der Waals surface area contributed by atoms with Crippen LogP contribution < -0.4 is 5.73 Å². The molecule has 0 amide bonds. The minimum atomic E-state index is 0.455. The number of aromatic amines is 1. The van der Waals surface area contributed by atoms with Crippen LogP contribution in [0.3, 0.4) is 0 Å². The molecule has 4 nitrogen and oxygen atoms in total. The number of hydrogen-bond donors (Lipinski definition) is 2. The Hall–Kier alpha value is -2.07. The summed E-state index contributed by atoms with van der Waals surface area (Å²) in [6, 6.07) is 9.44. The molecule has 0 radical (unpaired) electrons. The molecule has 0 saturated heterocycles. The number of fused-ring (bicyclic) bond motifs is 1. The summed E-state index contributed by atoms with van der Waals surface area (Å²) in [5, 5.41) is 0.699. The zero-order valence-corrected chi connectivity index (χ0v) is 10.5. The van der Waals surface area contributed by atoms with Crippen LogP contribution in [0.1, 0.15) is 5.56 Å². The van der Waals surface area contributed by atoms with E-state index in [0.29, 0.717) is 22.3 Å². The van der Waals surface area contributed by atoms with Crippen molar-refractivity contribution in [3.8, 4) is 11.4 Å². The molecule has 0 aliphatic carbocycles. The second kappa shape index (κ2) is 3.99. The molecule has 0 bridgehead atoms. The number of nitrogens with zero attached hydrogens (tertiary/aromatic N) is 2. The predicted octanol–water partition coefficient (Wildman–Crippen LogP) is 3.17. The molecule has 90 valence electrons. The monoisotopic (exact) mass is 258 g/mol. The van der Waals surface area contributed by atoms with Crippen molar-refractivity contribution in [1.82, 2.24) is 15.0 Å². The van der Waals surface area contributed by atoms with Gasteiger partial charge in [-0.1, -0.05) is 23.7 Å². The van der Waals surface area contributed by atoms with E-state index in [2.05, 4.69) is 15.0 Å². The summed E-state index contributed by atoms with van der Waals surface area (Å²) in [5.41, 5.74) is 8.96. The van der Waals surface area contributed by atoms with E-state index in [4.69, 9.17) is 17.3 Å². The Morgan fingerprint density at radius 2 is 2.00 bits per heavy atom. The van der Waals surface area contributed by atoms with Gasteiger partial charge in [0, 0.05) is 5.56 Å². The van der Waals surface area contributed by atoms with Gasteiger partial charge in [0.2, 0.25) is 0 Å². The molecule has 3 rings (SSSR count). The van der Waals surface area contributed by atoms with Gasteiger partial charge in [-0.05, 0) is 30.7 Å². The summed E-state index contributed by atoms with van der Waals surface area (Å²) < 4.78 is 0. The van der Waals surface area contributed by atoms with Gasteiger partial charge in [0.1, 0.15) is 11.6 Å². The summed E-state index contributed by atoms with van der Waals surface area (Å²) in [7, 11) is 0. The Bertz CT molecular complexity index is 733. The number of imidazole rings is 1. The molecule has 0 spiro atoms. The smallest absolute Gasteiger partial charge is 0.180 e. The van der Waals surface area contributed by atoms with Crippen molar-refractivity contribution in [2.75, 3.05) is 5.73 Å². The maximum absolute atomic E-state index is 6.28. The molecule has 3 aromatic rings. The lowest BCUT2D eigenvalue weighted by molar-refractivity contribution is 1.30. The second-order valence-electron chi connectivity index (χ2n) is 4.13. The topological polar surface area (TPSA) is 67.6 Å². The van der Waals surface area contributed by atoms with E-state index in [9.17, 15) is 0 Å². The zero-order chi connectivity index (χ0) is 12.7. The summed E-state index contributed by atoms with van der Waals surface area (Å²) in [4.78, 5) is 11.8. The standard InChI is InChI=1S/C13H11ClN4/c1-7-3-2-4-8(11(7)14)12-16-9-5-6-10(15)17-13(9)18-12/h2-6H,1H3,(H3,15,16,17,18). The van der Waals surface area contributed by atoms with Crippen LogP contribution >= 0.6 is 11.6 Å². The fraction of sp³-hybridized carbons (Fsp3) is 0.0769. The normalized spacial score (nSPS) is 11.0. The molecule has 0 unspecified atom stereocenters. The lowest BCUT2D eigenvalue weighted by atomic mass is 10.1. The van der Waals surface area contributed by atoms with Crippen molar-refractivity contribution in [3.05, 3.63) is 40.9 Å². The maximum Gasteiger partial charge on any atom is 0.180 e. The molecule has 5 heteroatoms. The molecule has 0 aliphatic rings. The number of nitrogens with one attached hydrogen (secondary N) is 1. The van der Waals surface area contributed by atoms with Crippen molar-refractivity contribution in [2.45, 2.75) is 6.92 Å². The minimum Gasteiger partial charge on any atom is -0.384 e. The van der Waals surface area contributed by atoms with Gasteiger partial charge in [-0.15, -0.1) is 0 Å². The Balaban J connectivity index is 2.22. The van der Waals surface area contributed by atoms with Crippen LogP contribution in [-0.4, -0.2) is 15.0 Å². The van der Waals surface area contributed by atoms with E-state index in [-0.39, 0.29) is 0 Å². The van der Waals surface area contributed by atoms with Crippen LogP contribution in [-0.2, 0) is 0 Å². The van der Waals surface area contributed by atoms with Crippen molar-refractivity contribution < 1.29 is 0 Å². The summed E-state index contributed by atoms with van der Waals surface area (Å²) in [6.45, 7) is 1.96. The predicted molar refractivity (Wildman–Crippen MR) is 73.5 cm³/mol. The highest BCUT2D eigenvalue weighted by atomic mass is 35.5. The van der Waals surface area contributed by atoms with Crippen LogP contribution in [0.5, 0.6) is 0 Å². The van der Waals surface area contributed by atoms with Crippen LogP contribution in [0.2, 0.25) is 5.02 Å². The molecule has 2 heterocycles. The number of hydrogen-bond acceptors (Lipinski definition) is 3. The number of anilines is 1. The number of rotatable bonds is 1. The first kappa shape index (κ1) is 11.0. The first-order valence-corrected chi connectivity index (χ1v) is 5.90. The highest BCUT2D eigenvalue weighted by Gasteiger charge is 2.10. The molecule has 0 atom stereocenters. The minimum absolute atomic E-state index is 0.455. The number of aryl methyl sites for hydroxylation is 1. The molecule has 0 aliphatic heterocycles. The highest BCUT2D eigenvalue weighted by Crippen LogP contribution is 2.29. The number of benzene rings is 1. The van der Waals surface area contributed by atoms with Crippen molar-refractivity contribution in [1.29, 1.82) is 0 Å². The molecule has 3 N–H and O–H groups in total. The van der Waals surface area contributed by atoms with Gasteiger partial charge in [0.05, 0.1) is 10.5 Å². The Labute approximate surface area is 109 Å². The third-order valence-corrected chi connectivity index (χ3v) is 3.32. The first-order valence-electron chi connectivity index (χ1n) is 5.53. The SMILES string of the molecule is Cc1cccc(-c2nc3nc(N)ccc3[nH]2)c1Cl. The molecule has 1 aromatic carbocycles. The summed E-state index contributed by atoms with van der Waals surface area (Å²) in [6.07, 6.45) is 0. The van der Waals surface area contributed by atoms with Crippen LogP contribution in [0.15, 0.2) is 30.3 Å². The number of aromatic nitrogens is 3. The molecule has 0 fully saturated rings. The van der Waals surface area contributed by atoms with Crippen LogP contribution in [0, 0.1) is 6.92 Å². The van der Waals surface area contributed by atoms with Gasteiger partial charge in [-0.25, -0.2) is 9.97 Å². The van der Waals surface area contributed by atoms with E-state index in [0.717, 1.165) is 16.6 Å². The molecular weight excluding hydrogens is 248 g/mol. The van der Waals surface area contributed by atoms with Crippen LogP contribution in [0.25, 0.3) is 22.6 Å². The number of nitrogen functional groups attached to an aromatic ring is 1. The number of pyridine rings is 1. The van der Waals surface area contributed by atoms with Gasteiger partial charge in [-0.2, -0.15) is 0 Å². The van der Waals surface area contributed by atoms with Gasteiger partial charge in [-0.3, -0.25) is 0 Å². The molecular formula is C13H11ClN4. The summed E-state index contributed by atoms with van der Waals surface area (Å²) in [5.74, 6) is 1.16. The van der Waals surface area contributed by atoms with Gasteiger partial charge < -0.3 is 10.7 Å². The van der Waals surface area contributed by atoms with E-state index < -0.39 is 0 Å². The fourth-order valence-electron chi connectivity index (χ4n) is 1.87. The maximum atomic E-state index is 6.28. The average Bonchev–Trinajstić information content (AvgIpc) is 2.75. The lowest BCUT2D eigenvalue weighted by Crippen LogP contribution is -1.88. The van der Waals surface area contributed by atoms with Gasteiger partial charge in [0.25, 0.3) is 0 Å². The lowest BCUT2D eigenvalue weighted by Gasteiger charge is -2.02. The van der Waals surface area contributed by atoms with Crippen molar-refractivity contribution in [3.63, 3.8) is 0 Å². The molecule has 0 saturated carbocycles. The Morgan fingerprint density at radius 3 is 2.83 bits per heavy atom. The van der Waals surface area contributed by atoms with E-state index in [1.54, 1.807) is 6.07 Å². The van der Waals surface area contributed by atoms with E-state index in [1.807, 2.05) is 31.2 Å². The third kappa shape index (κ3) is 1.71. The molecule has 2 aromatic heterocycles. The number of nitrogens with two attached hydrogens (primary N) is 1. The van der Waals surface area contributed by atoms with Crippen molar-refractivity contribution in [2.24, 2.45) is 0 Å². The Kier molecular flexibility index (Phi) is 2.45. The second-order valence-corrected chi connectivity index (χ2v) is 4.51. The first-order chi connectivity index (χ1) is 8.65. The number of halogens is 1. The average molecular weight is 259 g/mol. The van der Waals surface area contributed by atoms with Crippen LogP contribution in [0.4, 0.5) is 5.82 Å². The van der Waals surface area contributed by atoms with Gasteiger partial charge >= 0.3 is 0 Å². The molecule has 18 heavy (non-hydrogen) atoms. The zero-order valence-electron chi connectivity index (χ0n) is 9.74. The quantitative estimate of drug-likeness (QED) is 0.704. The Morgan fingerprint density at radius 1 is 1.17 bits per heavy atom. The highest BCUT2D eigenvalue weighted by molar-refractivity contribution is 6.34. The summed E-state index contributed by atoms with van der Waals surface area (Å²) >= 11 is 6.28. The third-order valence-electron chi connectivity index (χ3n) is 2.81. The van der Waals surface area contributed by atoms with Gasteiger partial charge in [0.15, 0.2) is 5.65 Å². The van der Waals surface area contributed by atoms with E-state index in [1.165, 1.54) is 0 Å². The number of H-pyrrole nitrogens is 1. The van der Waals surface area contributed by atoms with E-state index >= 15 is 0 Å². The largest absolute Gasteiger partial charge is 0.384 e.